The fourth-order valence-corrected chi connectivity index (χ4v) is 4.29. The molecule has 2 amide bonds. The van der Waals surface area contributed by atoms with Gasteiger partial charge in [-0.1, -0.05) is 31.9 Å². The minimum absolute atomic E-state index is 0.0100. The van der Waals surface area contributed by atoms with Gasteiger partial charge in [-0.3, -0.25) is 14.3 Å². The molecule has 0 spiro atoms. The zero-order valence-electron chi connectivity index (χ0n) is 18.6. The molecule has 0 bridgehead atoms. The van der Waals surface area contributed by atoms with Crippen LogP contribution in [0.1, 0.15) is 32.1 Å². The summed E-state index contributed by atoms with van der Waals surface area (Å²) in [5.41, 5.74) is 7.13. The minimum Gasteiger partial charge on any atom is -0.366 e. The SMILES string of the molecule is Cc1cc(Br)cc(C(N)=O)c1NC(=O)c1cc(Cn2nnc(-c3ccc(Br)cc3)n2)nn1CC(F)F. The number of rotatable bonds is 8. The highest BCUT2D eigenvalue weighted by Crippen LogP contribution is 2.26. The fraction of sp³-hybridized carbons (Fsp3) is 0.182. The highest BCUT2D eigenvalue weighted by Gasteiger charge is 2.22. The monoisotopic (exact) mass is 622 g/mol. The van der Waals surface area contributed by atoms with Crippen LogP contribution < -0.4 is 11.1 Å². The maximum absolute atomic E-state index is 13.2. The van der Waals surface area contributed by atoms with Crippen LogP contribution >= 0.6 is 31.9 Å². The largest absolute Gasteiger partial charge is 0.366 e. The van der Waals surface area contributed by atoms with Gasteiger partial charge in [0, 0.05) is 14.5 Å². The lowest BCUT2D eigenvalue weighted by Gasteiger charge is -2.13. The van der Waals surface area contributed by atoms with Crippen molar-refractivity contribution < 1.29 is 18.4 Å². The van der Waals surface area contributed by atoms with E-state index in [0.717, 1.165) is 14.7 Å². The van der Waals surface area contributed by atoms with Crippen LogP contribution in [0.15, 0.2) is 51.4 Å². The predicted octanol–water partition coefficient (Wildman–Crippen LogP) is 4.03. The molecule has 0 atom stereocenters. The van der Waals surface area contributed by atoms with Crippen LogP contribution in [-0.4, -0.2) is 48.2 Å². The van der Waals surface area contributed by atoms with Crippen molar-refractivity contribution in [1.82, 2.24) is 30.0 Å². The van der Waals surface area contributed by atoms with Crippen molar-refractivity contribution in [2.75, 3.05) is 5.32 Å². The Balaban J connectivity index is 1.61. The molecule has 0 saturated heterocycles. The molecule has 0 aliphatic carbocycles. The molecule has 0 radical (unpaired) electrons. The van der Waals surface area contributed by atoms with Gasteiger partial charge in [-0.25, -0.2) is 8.78 Å². The molecule has 4 aromatic rings. The summed E-state index contributed by atoms with van der Waals surface area (Å²) in [5, 5.41) is 19.0. The Morgan fingerprint density at radius 3 is 2.47 bits per heavy atom. The fourth-order valence-electron chi connectivity index (χ4n) is 3.45. The molecule has 2 aromatic carbocycles. The lowest BCUT2D eigenvalue weighted by atomic mass is 10.1. The molecule has 0 unspecified atom stereocenters. The lowest BCUT2D eigenvalue weighted by Crippen LogP contribution is -2.23. The summed E-state index contributed by atoms with van der Waals surface area (Å²) in [6.07, 6.45) is -2.76. The van der Waals surface area contributed by atoms with Crippen molar-refractivity contribution in [3.63, 3.8) is 0 Å². The van der Waals surface area contributed by atoms with Gasteiger partial charge in [0.15, 0.2) is 0 Å². The third-order valence-electron chi connectivity index (χ3n) is 5.04. The molecule has 0 fully saturated rings. The van der Waals surface area contributed by atoms with E-state index in [1.165, 1.54) is 16.9 Å². The number of nitrogens with two attached hydrogens (primary N) is 1. The quantitative estimate of drug-likeness (QED) is 0.304. The molecule has 10 nitrogen and oxygen atoms in total. The molecule has 2 heterocycles. The molecule has 14 heteroatoms. The number of primary amides is 1. The second-order valence-electron chi connectivity index (χ2n) is 7.71. The minimum atomic E-state index is -2.76. The number of halogens is 4. The topological polar surface area (TPSA) is 134 Å². The molecule has 0 aliphatic heterocycles. The van der Waals surface area contributed by atoms with Crippen LogP contribution in [0.3, 0.4) is 0 Å². The Morgan fingerprint density at radius 2 is 1.81 bits per heavy atom. The third-order valence-corrected chi connectivity index (χ3v) is 6.02. The number of hydrogen-bond donors (Lipinski definition) is 2. The van der Waals surface area contributed by atoms with Gasteiger partial charge in [-0.15, -0.1) is 10.2 Å². The highest BCUT2D eigenvalue weighted by molar-refractivity contribution is 9.10. The molecular formula is C22H18Br2F2N8O2. The number of aromatic nitrogens is 6. The summed E-state index contributed by atoms with van der Waals surface area (Å²) in [7, 11) is 0. The summed E-state index contributed by atoms with van der Waals surface area (Å²) in [5.74, 6) is -1.11. The second kappa shape index (κ2) is 10.6. The maximum atomic E-state index is 13.2. The lowest BCUT2D eigenvalue weighted by molar-refractivity contribution is 0.0988. The number of anilines is 1. The van der Waals surface area contributed by atoms with Crippen molar-refractivity contribution in [2.45, 2.75) is 26.4 Å². The third kappa shape index (κ3) is 5.82. The van der Waals surface area contributed by atoms with E-state index in [4.69, 9.17) is 5.73 Å². The number of amides is 2. The van der Waals surface area contributed by atoms with E-state index in [9.17, 15) is 18.4 Å². The van der Waals surface area contributed by atoms with Crippen molar-refractivity contribution in [3.8, 4) is 11.4 Å². The first kappa shape index (κ1) is 25.6. The number of nitrogens with one attached hydrogen (secondary N) is 1. The normalized spacial score (nSPS) is 11.2. The Morgan fingerprint density at radius 1 is 1.08 bits per heavy atom. The average Bonchev–Trinajstić information content (AvgIpc) is 3.42. The Labute approximate surface area is 220 Å². The number of benzene rings is 2. The zero-order chi connectivity index (χ0) is 26.0. The number of carbonyl (C=O) groups is 2. The molecule has 186 valence electrons. The molecule has 4 rings (SSSR count). The first-order valence-electron chi connectivity index (χ1n) is 10.4. The van der Waals surface area contributed by atoms with Crippen LogP contribution in [0.25, 0.3) is 11.4 Å². The first-order valence-corrected chi connectivity index (χ1v) is 12.0. The van der Waals surface area contributed by atoms with Gasteiger partial charge in [-0.2, -0.15) is 9.90 Å². The van der Waals surface area contributed by atoms with Gasteiger partial charge >= 0.3 is 0 Å². The van der Waals surface area contributed by atoms with Crippen LogP contribution in [0.2, 0.25) is 0 Å². The molecular weight excluding hydrogens is 606 g/mol. The summed E-state index contributed by atoms with van der Waals surface area (Å²) >= 11 is 6.64. The van der Waals surface area contributed by atoms with E-state index in [2.05, 4.69) is 57.7 Å². The highest BCUT2D eigenvalue weighted by atomic mass is 79.9. The van der Waals surface area contributed by atoms with E-state index in [-0.39, 0.29) is 29.2 Å². The van der Waals surface area contributed by atoms with Crippen LogP contribution in [0, 0.1) is 6.92 Å². The second-order valence-corrected chi connectivity index (χ2v) is 9.54. The first-order chi connectivity index (χ1) is 17.1. The Bertz CT molecular complexity index is 1440. The van der Waals surface area contributed by atoms with Gasteiger partial charge in [0.05, 0.1) is 16.9 Å². The van der Waals surface area contributed by atoms with E-state index in [1.807, 2.05) is 24.3 Å². The Hall–Kier alpha value is -3.52. The van der Waals surface area contributed by atoms with E-state index in [1.54, 1.807) is 13.0 Å². The number of aryl methyl sites for hydroxylation is 1. The van der Waals surface area contributed by atoms with Gasteiger partial charge in [0.1, 0.15) is 18.8 Å². The van der Waals surface area contributed by atoms with Crippen LogP contribution in [0.4, 0.5) is 14.5 Å². The molecule has 3 N–H and O–H groups in total. The molecule has 36 heavy (non-hydrogen) atoms. The van der Waals surface area contributed by atoms with Crippen molar-refractivity contribution in [2.24, 2.45) is 5.73 Å². The van der Waals surface area contributed by atoms with E-state index >= 15 is 0 Å². The molecule has 2 aromatic heterocycles. The van der Waals surface area contributed by atoms with Gasteiger partial charge < -0.3 is 11.1 Å². The standard InChI is InChI=1S/C22H18Br2F2N8O2/c1-11-6-14(24)7-16(20(27)35)19(11)28-22(36)17-8-15(30-33(17)10-18(25)26)9-34-31-21(29-32-34)12-2-4-13(23)5-3-12/h2-8,18H,9-10H2,1H3,(H2,27,35)(H,28,36). The van der Waals surface area contributed by atoms with Crippen molar-refractivity contribution in [3.05, 3.63) is 73.9 Å². The van der Waals surface area contributed by atoms with E-state index < -0.39 is 24.8 Å². The summed E-state index contributed by atoms with van der Waals surface area (Å²) in [6, 6.07) is 11.8. The Kier molecular flexibility index (Phi) is 7.54. The summed E-state index contributed by atoms with van der Waals surface area (Å²) in [4.78, 5) is 26.2. The van der Waals surface area contributed by atoms with Crippen LogP contribution in [0.5, 0.6) is 0 Å². The van der Waals surface area contributed by atoms with Crippen molar-refractivity contribution in [1.29, 1.82) is 0 Å². The number of nitrogens with zero attached hydrogens (tertiary/aromatic N) is 6. The molecule has 0 saturated carbocycles. The average molecular weight is 624 g/mol. The predicted molar refractivity (Wildman–Crippen MR) is 134 cm³/mol. The number of hydrogen-bond acceptors (Lipinski definition) is 6. The number of carbonyl (C=O) groups excluding carboxylic acids is 2. The number of alkyl halides is 2. The number of tetrazole rings is 1. The smallest absolute Gasteiger partial charge is 0.273 e. The maximum Gasteiger partial charge on any atom is 0.273 e. The van der Waals surface area contributed by atoms with Crippen LogP contribution in [-0.2, 0) is 13.1 Å². The molecule has 0 aliphatic rings. The van der Waals surface area contributed by atoms with Gasteiger partial charge in [0.25, 0.3) is 18.2 Å². The zero-order valence-corrected chi connectivity index (χ0v) is 21.8. The summed E-state index contributed by atoms with van der Waals surface area (Å²) < 4.78 is 28.8. The van der Waals surface area contributed by atoms with Crippen molar-refractivity contribution >= 4 is 49.4 Å². The summed E-state index contributed by atoms with van der Waals surface area (Å²) in [6.45, 7) is 0.859. The van der Waals surface area contributed by atoms with Gasteiger partial charge in [0.2, 0.25) is 5.82 Å². The van der Waals surface area contributed by atoms with Gasteiger partial charge in [-0.05, 0) is 60.2 Å². The van der Waals surface area contributed by atoms with E-state index in [0.29, 0.717) is 15.9 Å².